The van der Waals surface area contributed by atoms with Gasteiger partial charge in [-0.3, -0.25) is 0 Å². The molecule has 3 aromatic rings. The summed E-state index contributed by atoms with van der Waals surface area (Å²) >= 11 is 0. The van der Waals surface area contributed by atoms with Crippen LogP contribution in [-0.4, -0.2) is 13.6 Å². The SMILES string of the molecule is CNCCCCCCc1ccc2oc3ccccc3c2c1. The lowest BCUT2D eigenvalue weighted by atomic mass is 10.0. The van der Waals surface area contributed by atoms with E-state index in [2.05, 4.69) is 35.6 Å². The molecule has 0 aliphatic rings. The zero-order valence-corrected chi connectivity index (χ0v) is 12.7. The van der Waals surface area contributed by atoms with Gasteiger partial charge in [-0.15, -0.1) is 0 Å². The van der Waals surface area contributed by atoms with Crippen molar-refractivity contribution >= 4 is 21.9 Å². The monoisotopic (exact) mass is 281 g/mol. The second-order valence-corrected chi connectivity index (χ2v) is 5.70. The molecule has 0 amide bonds. The van der Waals surface area contributed by atoms with Gasteiger partial charge in [-0.2, -0.15) is 0 Å². The van der Waals surface area contributed by atoms with Crippen LogP contribution >= 0.6 is 0 Å². The van der Waals surface area contributed by atoms with E-state index in [1.54, 1.807) is 0 Å². The lowest BCUT2D eigenvalue weighted by Gasteiger charge is -2.02. The van der Waals surface area contributed by atoms with Gasteiger partial charge in [0.15, 0.2) is 0 Å². The Labute approximate surface area is 126 Å². The van der Waals surface area contributed by atoms with Crippen LogP contribution in [-0.2, 0) is 6.42 Å². The lowest BCUT2D eigenvalue weighted by molar-refractivity contribution is 0.616. The van der Waals surface area contributed by atoms with Gasteiger partial charge in [0, 0.05) is 10.8 Å². The van der Waals surface area contributed by atoms with Crippen LogP contribution in [0.5, 0.6) is 0 Å². The van der Waals surface area contributed by atoms with Crippen LogP contribution in [0.3, 0.4) is 0 Å². The number of unbranched alkanes of at least 4 members (excludes halogenated alkanes) is 3. The van der Waals surface area contributed by atoms with E-state index < -0.39 is 0 Å². The largest absolute Gasteiger partial charge is 0.456 e. The summed E-state index contributed by atoms with van der Waals surface area (Å²) in [5, 5.41) is 5.67. The molecule has 0 aliphatic heterocycles. The highest BCUT2D eigenvalue weighted by Gasteiger charge is 2.06. The third-order valence-corrected chi connectivity index (χ3v) is 4.08. The van der Waals surface area contributed by atoms with Crippen molar-refractivity contribution in [3.63, 3.8) is 0 Å². The molecule has 0 saturated carbocycles. The van der Waals surface area contributed by atoms with E-state index in [4.69, 9.17) is 4.42 Å². The highest BCUT2D eigenvalue weighted by molar-refractivity contribution is 6.04. The minimum absolute atomic E-state index is 0.983. The molecule has 0 unspecified atom stereocenters. The number of aryl methyl sites for hydroxylation is 1. The van der Waals surface area contributed by atoms with Gasteiger partial charge in [-0.05, 0) is 56.6 Å². The van der Waals surface area contributed by atoms with Crippen LogP contribution in [0.15, 0.2) is 46.9 Å². The molecule has 2 heteroatoms. The number of fused-ring (bicyclic) bond motifs is 3. The first-order chi connectivity index (χ1) is 10.4. The molecule has 3 rings (SSSR count). The number of hydrogen-bond acceptors (Lipinski definition) is 2. The van der Waals surface area contributed by atoms with Crippen LogP contribution in [0.1, 0.15) is 31.2 Å². The van der Waals surface area contributed by atoms with E-state index >= 15 is 0 Å². The first-order valence-corrected chi connectivity index (χ1v) is 7.93. The van der Waals surface area contributed by atoms with Crippen molar-refractivity contribution in [3.05, 3.63) is 48.0 Å². The van der Waals surface area contributed by atoms with Crippen LogP contribution in [0.2, 0.25) is 0 Å². The van der Waals surface area contributed by atoms with Crippen molar-refractivity contribution in [2.75, 3.05) is 13.6 Å². The fraction of sp³-hybridized carbons (Fsp3) is 0.368. The van der Waals surface area contributed by atoms with Gasteiger partial charge in [0.05, 0.1) is 0 Å². The third kappa shape index (κ3) is 3.27. The molecule has 0 aliphatic carbocycles. The van der Waals surface area contributed by atoms with E-state index in [0.29, 0.717) is 0 Å². The molecule has 0 radical (unpaired) electrons. The van der Waals surface area contributed by atoms with Gasteiger partial charge in [0.1, 0.15) is 11.2 Å². The van der Waals surface area contributed by atoms with Crippen LogP contribution in [0.25, 0.3) is 21.9 Å². The summed E-state index contributed by atoms with van der Waals surface area (Å²) in [5.41, 5.74) is 3.40. The summed E-state index contributed by atoms with van der Waals surface area (Å²) in [6.45, 7) is 1.13. The number of hydrogen-bond donors (Lipinski definition) is 1. The normalized spacial score (nSPS) is 11.5. The minimum atomic E-state index is 0.983. The Kier molecular flexibility index (Phi) is 4.56. The smallest absolute Gasteiger partial charge is 0.135 e. The highest BCUT2D eigenvalue weighted by atomic mass is 16.3. The van der Waals surface area contributed by atoms with Crippen molar-refractivity contribution in [2.45, 2.75) is 32.1 Å². The average molecular weight is 281 g/mol. The molecule has 1 N–H and O–H groups in total. The number of furan rings is 1. The zero-order valence-electron chi connectivity index (χ0n) is 12.7. The third-order valence-electron chi connectivity index (χ3n) is 4.08. The second-order valence-electron chi connectivity index (χ2n) is 5.70. The molecule has 0 bridgehead atoms. The topological polar surface area (TPSA) is 25.2 Å². The van der Waals surface area contributed by atoms with Gasteiger partial charge in [-0.25, -0.2) is 0 Å². The van der Waals surface area contributed by atoms with Crippen LogP contribution < -0.4 is 5.32 Å². The Hall–Kier alpha value is -1.80. The Morgan fingerprint density at radius 2 is 1.67 bits per heavy atom. The van der Waals surface area contributed by atoms with Gasteiger partial charge >= 0.3 is 0 Å². The molecule has 0 spiro atoms. The predicted molar refractivity (Wildman–Crippen MR) is 89.8 cm³/mol. The molecule has 0 atom stereocenters. The first-order valence-electron chi connectivity index (χ1n) is 7.93. The molecule has 110 valence electrons. The Balaban J connectivity index is 1.68. The summed E-state index contributed by atoms with van der Waals surface area (Å²) in [5.74, 6) is 0. The summed E-state index contributed by atoms with van der Waals surface area (Å²) in [6, 6.07) is 14.9. The Morgan fingerprint density at radius 3 is 2.57 bits per heavy atom. The highest BCUT2D eigenvalue weighted by Crippen LogP contribution is 2.29. The van der Waals surface area contributed by atoms with Gasteiger partial charge < -0.3 is 9.73 Å². The summed E-state index contributed by atoms with van der Waals surface area (Å²) in [6.07, 6.45) is 6.34. The van der Waals surface area contributed by atoms with E-state index in [1.165, 1.54) is 42.0 Å². The molecular formula is C19H23NO. The maximum absolute atomic E-state index is 5.87. The van der Waals surface area contributed by atoms with Crippen molar-refractivity contribution in [1.29, 1.82) is 0 Å². The fourth-order valence-corrected chi connectivity index (χ4v) is 2.91. The molecule has 1 heterocycles. The Bertz CT molecular complexity index is 714. The molecule has 1 aromatic heterocycles. The van der Waals surface area contributed by atoms with Crippen molar-refractivity contribution < 1.29 is 4.42 Å². The molecule has 2 nitrogen and oxygen atoms in total. The second kappa shape index (κ2) is 6.77. The zero-order chi connectivity index (χ0) is 14.5. The van der Waals surface area contributed by atoms with Crippen LogP contribution in [0.4, 0.5) is 0 Å². The quantitative estimate of drug-likeness (QED) is 0.623. The predicted octanol–water partition coefficient (Wildman–Crippen LogP) is 4.91. The minimum Gasteiger partial charge on any atom is -0.456 e. The summed E-state index contributed by atoms with van der Waals surface area (Å²) < 4.78 is 5.87. The number of rotatable bonds is 7. The van der Waals surface area contributed by atoms with E-state index in [9.17, 15) is 0 Å². The standard InChI is InChI=1S/C19H23NO/c1-20-13-7-3-2-4-8-15-11-12-19-17(14-15)16-9-5-6-10-18(16)21-19/h5-6,9-12,14,20H,2-4,7-8,13H2,1H3. The van der Waals surface area contributed by atoms with Gasteiger partial charge in [-0.1, -0.05) is 37.1 Å². The van der Waals surface area contributed by atoms with Crippen molar-refractivity contribution in [3.8, 4) is 0 Å². The maximum Gasteiger partial charge on any atom is 0.135 e. The van der Waals surface area contributed by atoms with Gasteiger partial charge in [0.2, 0.25) is 0 Å². The Morgan fingerprint density at radius 1 is 0.857 bits per heavy atom. The van der Waals surface area contributed by atoms with Gasteiger partial charge in [0.25, 0.3) is 0 Å². The van der Waals surface area contributed by atoms with E-state index in [1.807, 2.05) is 19.2 Å². The molecule has 0 fully saturated rings. The molecule has 2 aromatic carbocycles. The first kappa shape index (κ1) is 14.2. The fourth-order valence-electron chi connectivity index (χ4n) is 2.91. The number of nitrogens with one attached hydrogen (secondary N) is 1. The molecule has 0 saturated heterocycles. The maximum atomic E-state index is 5.87. The number of benzene rings is 2. The van der Waals surface area contributed by atoms with E-state index in [0.717, 1.165) is 24.1 Å². The van der Waals surface area contributed by atoms with Crippen molar-refractivity contribution in [1.82, 2.24) is 5.32 Å². The lowest BCUT2D eigenvalue weighted by Crippen LogP contribution is -2.06. The van der Waals surface area contributed by atoms with E-state index in [-0.39, 0.29) is 0 Å². The van der Waals surface area contributed by atoms with Crippen molar-refractivity contribution in [2.24, 2.45) is 0 Å². The average Bonchev–Trinajstić information content (AvgIpc) is 2.89. The molecular weight excluding hydrogens is 258 g/mol. The molecule has 21 heavy (non-hydrogen) atoms. The summed E-state index contributed by atoms with van der Waals surface area (Å²) in [7, 11) is 2.02. The number of para-hydroxylation sites is 1. The van der Waals surface area contributed by atoms with Crippen LogP contribution in [0, 0.1) is 0 Å². The summed E-state index contributed by atoms with van der Waals surface area (Å²) in [4.78, 5) is 0.